The zero-order valence-electron chi connectivity index (χ0n) is 16.8. The highest BCUT2D eigenvalue weighted by Crippen LogP contribution is 2.50. The van der Waals surface area contributed by atoms with Gasteiger partial charge in [0.05, 0.1) is 37.9 Å². The molecule has 0 aromatic carbocycles. The van der Waals surface area contributed by atoms with Gasteiger partial charge in [-0.2, -0.15) is 0 Å². The van der Waals surface area contributed by atoms with Crippen molar-refractivity contribution < 1.29 is 39.5 Å². The van der Waals surface area contributed by atoms with Gasteiger partial charge in [0.15, 0.2) is 0 Å². The molecule has 1 aliphatic carbocycles. The Labute approximate surface area is 170 Å². The van der Waals surface area contributed by atoms with E-state index in [0.29, 0.717) is 5.57 Å². The van der Waals surface area contributed by atoms with E-state index in [2.05, 4.69) is 26.3 Å². The third kappa shape index (κ3) is 5.02. The number of rotatable bonds is 9. The predicted octanol–water partition coefficient (Wildman–Crippen LogP) is 0.275. The lowest BCUT2D eigenvalue weighted by Crippen LogP contribution is -2.54. The van der Waals surface area contributed by atoms with Crippen molar-refractivity contribution in [3.63, 3.8) is 0 Å². The Morgan fingerprint density at radius 3 is 2.28 bits per heavy atom. The number of carbonyl (C=O) groups is 2. The van der Waals surface area contributed by atoms with Crippen molar-refractivity contribution in [1.82, 2.24) is 0 Å². The van der Waals surface area contributed by atoms with Gasteiger partial charge in [-0.1, -0.05) is 32.7 Å². The number of aliphatic hydroxyl groups is 4. The Kier molecular flexibility index (Phi) is 8.52. The second kappa shape index (κ2) is 9.98. The molecule has 0 heterocycles. The maximum atomic E-state index is 12.4. The fourth-order valence-corrected chi connectivity index (χ4v) is 3.79. The Morgan fingerprint density at radius 2 is 1.83 bits per heavy atom. The van der Waals surface area contributed by atoms with Crippen LogP contribution in [-0.2, 0) is 19.1 Å². The highest BCUT2D eigenvalue weighted by Gasteiger charge is 2.53. The molecule has 0 amide bonds. The number of aliphatic hydroxyl groups excluding tert-OH is 4. The summed E-state index contributed by atoms with van der Waals surface area (Å²) >= 11 is 0. The summed E-state index contributed by atoms with van der Waals surface area (Å²) in [5.74, 6) is -3.54. The number of carbonyl (C=O) groups excluding carboxylic acids is 2. The van der Waals surface area contributed by atoms with Crippen LogP contribution in [0.3, 0.4) is 0 Å². The number of allylic oxidation sites excluding steroid dienone is 1. The van der Waals surface area contributed by atoms with Crippen molar-refractivity contribution in [3.05, 3.63) is 49.1 Å². The van der Waals surface area contributed by atoms with Crippen LogP contribution in [0, 0.1) is 17.3 Å². The summed E-state index contributed by atoms with van der Waals surface area (Å²) in [5, 5.41) is 39.3. The van der Waals surface area contributed by atoms with Crippen LogP contribution in [0.4, 0.5) is 0 Å². The third-order valence-electron chi connectivity index (χ3n) is 5.52. The quantitative estimate of drug-likeness (QED) is 0.242. The summed E-state index contributed by atoms with van der Waals surface area (Å²) in [6, 6.07) is 0. The lowest BCUT2D eigenvalue weighted by molar-refractivity contribution is -0.162. The van der Waals surface area contributed by atoms with Gasteiger partial charge in [-0.25, -0.2) is 9.59 Å². The van der Waals surface area contributed by atoms with Gasteiger partial charge in [0.1, 0.15) is 12.2 Å². The minimum Gasteiger partial charge on any atom is -0.466 e. The van der Waals surface area contributed by atoms with Crippen LogP contribution in [0.15, 0.2) is 49.1 Å². The number of methoxy groups -OCH3 is 1. The molecule has 8 nitrogen and oxygen atoms in total. The van der Waals surface area contributed by atoms with Crippen LogP contribution in [0.25, 0.3) is 0 Å². The van der Waals surface area contributed by atoms with Crippen molar-refractivity contribution in [2.75, 3.05) is 20.3 Å². The molecule has 0 bridgehead atoms. The fraction of sp³-hybridized carbons (Fsp3) is 0.524. The van der Waals surface area contributed by atoms with Crippen molar-refractivity contribution in [2.24, 2.45) is 17.3 Å². The van der Waals surface area contributed by atoms with E-state index in [1.807, 2.05) is 0 Å². The molecule has 8 heteroatoms. The molecular formula is C21H30O8. The molecule has 1 rings (SSSR count). The van der Waals surface area contributed by atoms with E-state index in [1.165, 1.54) is 0 Å². The van der Waals surface area contributed by atoms with Crippen molar-refractivity contribution in [3.8, 4) is 0 Å². The van der Waals surface area contributed by atoms with E-state index in [4.69, 9.17) is 14.6 Å². The molecule has 29 heavy (non-hydrogen) atoms. The van der Waals surface area contributed by atoms with Gasteiger partial charge < -0.3 is 29.9 Å². The molecule has 1 saturated carbocycles. The maximum Gasteiger partial charge on any atom is 0.336 e. The van der Waals surface area contributed by atoms with E-state index in [-0.39, 0.29) is 17.6 Å². The minimum absolute atomic E-state index is 0.117. The zero-order chi connectivity index (χ0) is 22.5. The Morgan fingerprint density at radius 1 is 1.24 bits per heavy atom. The van der Waals surface area contributed by atoms with Crippen LogP contribution in [-0.4, -0.2) is 71.0 Å². The zero-order valence-corrected chi connectivity index (χ0v) is 16.8. The summed E-state index contributed by atoms with van der Waals surface area (Å²) in [5.41, 5.74) is -0.999. The molecule has 1 aliphatic rings. The molecule has 0 aromatic rings. The molecule has 0 aromatic heterocycles. The summed E-state index contributed by atoms with van der Waals surface area (Å²) in [4.78, 5) is 24.5. The fourth-order valence-electron chi connectivity index (χ4n) is 3.79. The normalized spacial score (nSPS) is 30.0. The Hall–Kier alpha value is -2.26. The summed E-state index contributed by atoms with van der Waals surface area (Å²) in [6.07, 6.45) is -2.17. The number of hydrogen-bond donors (Lipinski definition) is 4. The first kappa shape index (κ1) is 24.8. The first-order valence-electron chi connectivity index (χ1n) is 9.05. The molecule has 4 N–H and O–H groups in total. The van der Waals surface area contributed by atoms with E-state index in [9.17, 15) is 24.9 Å². The average molecular weight is 410 g/mol. The summed E-state index contributed by atoms with van der Waals surface area (Å²) in [7, 11) is 1.15. The lowest BCUT2D eigenvalue weighted by atomic mass is 9.58. The summed E-state index contributed by atoms with van der Waals surface area (Å²) in [6.45, 7) is 15.3. The SMILES string of the molecule is C=CC1(C)CC(OC(=O)C(=C)C(O)CO)C(C(=C)C(=O)OC)C(O)C1C(=C)CO. The molecular weight excluding hydrogens is 380 g/mol. The molecule has 0 aliphatic heterocycles. The topological polar surface area (TPSA) is 134 Å². The van der Waals surface area contributed by atoms with Gasteiger partial charge in [0, 0.05) is 11.5 Å². The van der Waals surface area contributed by atoms with Crippen LogP contribution in [0.2, 0.25) is 0 Å². The van der Waals surface area contributed by atoms with Crippen LogP contribution in [0.1, 0.15) is 13.3 Å². The van der Waals surface area contributed by atoms with Crippen LogP contribution < -0.4 is 0 Å². The number of hydrogen-bond acceptors (Lipinski definition) is 8. The monoisotopic (exact) mass is 410 g/mol. The average Bonchev–Trinajstić information content (AvgIpc) is 2.70. The molecule has 6 atom stereocenters. The predicted molar refractivity (Wildman–Crippen MR) is 105 cm³/mol. The molecule has 0 saturated heterocycles. The first-order valence-corrected chi connectivity index (χ1v) is 9.05. The smallest absolute Gasteiger partial charge is 0.336 e. The van der Waals surface area contributed by atoms with Gasteiger partial charge in [-0.05, 0) is 17.4 Å². The third-order valence-corrected chi connectivity index (χ3v) is 5.52. The highest BCUT2D eigenvalue weighted by atomic mass is 16.5. The Balaban J connectivity index is 3.38. The lowest BCUT2D eigenvalue weighted by Gasteiger charge is -2.50. The summed E-state index contributed by atoms with van der Waals surface area (Å²) < 4.78 is 10.2. The van der Waals surface area contributed by atoms with Gasteiger partial charge >= 0.3 is 11.9 Å². The standard InChI is InChI=1S/C21H30O8/c1-7-21(5)8-15(29-20(27)12(3)14(24)10-23)16(13(4)19(26)28-6)18(25)17(21)11(2)9-22/h7,14-18,22-25H,1-4,8-10H2,5-6H3. The number of esters is 2. The maximum absolute atomic E-state index is 12.4. The van der Waals surface area contributed by atoms with E-state index in [1.54, 1.807) is 13.0 Å². The largest absolute Gasteiger partial charge is 0.466 e. The van der Waals surface area contributed by atoms with Crippen LogP contribution >= 0.6 is 0 Å². The second-order valence-electron chi connectivity index (χ2n) is 7.41. The van der Waals surface area contributed by atoms with Crippen molar-refractivity contribution in [2.45, 2.75) is 31.7 Å². The molecule has 6 unspecified atom stereocenters. The minimum atomic E-state index is -1.51. The van der Waals surface area contributed by atoms with Gasteiger partial charge in [0.25, 0.3) is 0 Å². The van der Waals surface area contributed by atoms with E-state index >= 15 is 0 Å². The van der Waals surface area contributed by atoms with E-state index in [0.717, 1.165) is 7.11 Å². The van der Waals surface area contributed by atoms with Gasteiger partial charge in [0.2, 0.25) is 0 Å². The van der Waals surface area contributed by atoms with Crippen molar-refractivity contribution >= 4 is 11.9 Å². The number of ether oxygens (including phenoxy) is 2. The molecule has 0 spiro atoms. The first-order chi connectivity index (χ1) is 13.5. The van der Waals surface area contributed by atoms with Crippen molar-refractivity contribution in [1.29, 1.82) is 0 Å². The van der Waals surface area contributed by atoms with Crippen LogP contribution in [0.5, 0.6) is 0 Å². The van der Waals surface area contributed by atoms with Gasteiger partial charge in [-0.3, -0.25) is 0 Å². The molecule has 0 radical (unpaired) electrons. The van der Waals surface area contributed by atoms with Gasteiger partial charge in [-0.15, -0.1) is 6.58 Å². The Bertz CT molecular complexity index is 697. The highest BCUT2D eigenvalue weighted by molar-refractivity contribution is 5.90. The second-order valence-corrected chi connectivity index (χ2v) is 7.41. The molecule has 162 valence electrons. The molecule has 1 fully saturated rings. The van der Waals surface area contributed by atoms with E-state index < -0.39 is 60.7 Å².